The summed E-state index contributed by atoms with van der Waals surface area (Å²) in [7, 11) is 0. The number of fused-ring (bicyclic) bond motifs is 1. The largest absolute Gasteiger partial charge is 0.366 e. The van der Waals surface area contributed by atoms with Crippen molar-refractivity contribution >= 4 is 22.8 Å². The van der Waals surface area contributed by atoms with Crippen LogP contribution in [0.3, 0.4) is 0 Å². The summed E-state index contributed by atoms with van der Waals surface area (Å²) < 4.78 is 0. The number of benzene rings is 1. The van der Waals surface area contributed by atoms with Crippen molar-refractivity contribution in [1.82, 2.24) is 25.6 Å². The number of para-hydroxylation sites is 1. The average Bonchev–Trinajstić information content (AvgIpc) is 3.44. The van der Waals surface area contributed by atoms with Gasteiger partial charge in [-0.3, -0.25) is 4.79 Å². The highest BCUT2D eigenvalue weighted by Crippen LogP contribution is 2.61. The molecule has 33 heavy (non-hydrogen) atoms. The smallest absolute Gasteiger partial charge is 0.263 e. The van der Waals surface area contributed by atoms with Crippen LogP contribution in [0, 0.1) is 29.1 Å². The van der Waals surface area contributed by atoms with Gasteiger partial charge in [-0.15, -0.1) is 5.10 Å². The van der Waals surface area contributed by atoms with Crippen LogP contribution in [-0.4, -0.2) is 38.1 Å². The zero-order valence-corrected chi connectivity index (χ0v) is 18.8. The first-order valence-corrected chi connectivity index (χ1v) is 12.1. The summed E-state index contributed by atoms with van der Waals surface area (Å²) in [4.78, 5) is 16.2. The number of tetrazole rings is 1. The number of allylic oxidation sites excluding steroid dienone is 1. The molecule has 0 saturated heterocycles. The van der Waals surface area contributed by atoms with Crippen LogP contribution in [0.5, 0.6) is 0 Å². The lowest BCUT2D eigenvalue weighted by Gasteiger charge is -2.56. The van der Waals surface area contributed by atoms with Crippen LogP contribution in [0.25, 0.3) is 10.9 Å². The molecule has 1 amide bonds. The summed E-state index contributed by atoms with van der Waals surface area (Å²) in [5.41, 5.74) is 9.23. The van der Waals surface area contributed by atoms with Crippen molar-refractivity contribution in [3.05, 3.63) is 47.7 Å². The molecule has 0 spiro atoms. The van der Waals surface area contributed by atoms with Crippen molar-refractivity contribution < 1.29 is 4.79 Å². The third-order valence-electron chi connectivity index (χ3n) is 8.26. The number of aromatic nitrogens is 5. The van der Waals surface area contributed by atoms with E-state index in [1.54, 1.807) is 0 Å². The topological polar surface area (TPSA) is 125 Å². The molecule has 0 radical (unpaired) electrons. The number of hydrogen-bond donors (Lipinski definition) is 4. The maximum absolute atomic E-state index is 12.9. The molecular weight excluding hydrogens is 414 g/mol. The number of amides is 1. The fourth-order valence-electron chi connectivity index (χ4n) is 7.38. The molecule has 3 aromatic rings. The van der Waals surface area contributed by atoms with Gasteiger partial charge in [-0.25, -0.2) is 0 Å². The Morgan fingerprint density at radius 1 is 1.18 bits per heavy atom. The van der Waals surface area contributed by atoms with Crippen molar-refractivity contribution in [1.29, 1.82) is 0 Å². The molecule has 8 heteroatoms. The molecule has 2 heterocycles. The number of anilines is 1. The zero-order chi connectivity index (χ0) is 22.4. The molecule has 4 saturated carbocycles. The molecule has 2 aromatic heterocycles. The van der Waals surface area contributed by atoms with Gasteiger partial charge in [0.15, 0.2) is 0 Å². The molecule has 1 atom stereocenters. The number of primary amides is 1. The van der Waals surface area contributed by atoms with Crippen molar-refractivity contribution in [2.75, 3.05) is 11.9 Å². The average molecular weight is 446 g/mol. The number of carbonyl (C=O) groups is 1. The van der Waals surface area contributed by atoms with Gasteiger partial charge in [0.25, 0.3) is 5.95 Å². The van der Waals surface area contributed by atoms with Crippen LogP contribution in [0.1, 0.15) is 44.1 Å². The lowest BCUT2D eigenvalue weighted by Crippen LogP contribution is -2.45. The number of aromatic amines is 2. The minimum absolute atomic E-state index is 0.0896. The van der Waals surface area contributed by atoms with Gasteiger partial charge in [0, 0.05) is 35.1 Å². The standard InChI is InChI=1S/C25H31N7O/c26-23(33)21(12-25-9-15-5-16(10-25)7-17(6-15)11-25)19(14-28-24-29-31-32-30-24)8-18-13-27-22-4-2-1-3-20(18)22/h1-4,12-13,15-17,19,27H,5-11,14H2,(H2,26,33)(H2,28,29,30,31,32)/b21-12-/t15?,16?,17?,19-,25?/m1/s1. The summed E-state index contributed by atoms with van der Waals surface area (Å²) in [6, 6.07) is 8.27. The predicted octanol–water partition coefficient (Wildman–Crippen LogP) is 3.58. The second-order valence-electron chi connectivity index (χ2n) is 10.6. The summed E-state index contributed by atoms with van der Waals surface area (Å²) in [6.45, 7) is 0.514. The van der Waals surface area contributed by atoms with Gasteiger partial charge in [-0.1, -0.05) is 29.4 Å². The van der Waals surface area contributed by atoms with Crippen molar-refractivity contribution in [2.24, 2.45) is 34.8 Å². The number of rotatable bonds is 8. The normalized spacial score (nSPS) is 29.5. The maximum Gasteiger partial charge on any atom is 0.263 e. The number of nitrogens with two attached hydrogens (primary N) is 1. The Hall–Kier alpha value is -3.16. The minimum Gasteiger partial charge on any atom is -0.366 e. The van der Waals surface area contributed by atoms with E-state index < -0.39 is 0 Å². The van der Waals surface area contributed by atoms with Crippen LogP contribution < -0.4 is 11.1 Å². The van der Waals surface area contributed by atoms with Crippen LogP contribution in [-0.2, 0) is 11.2 Å². The number of nitrogens with zero attached hydrogens (tertiary/aromatic N) is 3. The van der Waals surface area contributed by atoms with Crippen LogP contribution in [0.15, 0.2) is 42.1 Å². The molecular formula is C25H31N7O. The molecule has 4 fully saturated rings. The molecule has 0 unspecified atom stereocenters. The highest BCUT2D eigenvalue weighted by atomic mass is 16.1. The van der Waals surface area contributed by atoms with Crippen LogP contribution in [0.2, 0.25) is 0 Å². The van der Waals surface area contributed by atoms with E-state index >= 15 is 0 Å². The number of carbonyl (C=O) groups excluding carboxylic acids is 1. The Bertz CT molecular complexity index is 1140. The van der Waals surface area contributed by atoms with E-state index in [4.69, 9.17) is 5.73 Å². The maximum atomic E-state index is 12.9. The van der Waals surface area contributed by atoms with Crippen molar-refractivity contribution in [3.63, 3.8) is 0 Å². The first kappa shape index (κ1) is 20.4. The second-order valence-corrected chi connectivity index (χ2v) is 10.6. The SMILES string of the molecule is NC(=O)/C(=C\C12CC3CC(CC(C3)C1)C2)[C@@H](CNc1nn[nH]n1)Cc1c[nH]c2ccccc12. The van der Waals surface area contributed by atoms with E-state index in [9.17, 15) is 4.79 Å². The zero-order valence-electron chi connectivity index (χ0n) is 18.8. The summed E-state index contributed by atoms with van der Waals surface area (Å²) in [5.74, 6) is 2.46. The monoisotopic (exact) mass is 445 g/mol. The quantitative estimate of drug-likeness (QED) is 0.394. The van der Waals surface area contributed by atoms with Gasteiger partial charge < -0.3 is 16.0 Å². The van der Waals surface area contributed by atoms with Gasteiger partial charge in [0.1, 0.15) is 0 Å². The third-order valence-corrected chi connectivity index (χ3v) is 8.26. The predicted molar refractivity (Wildman–Crippen MR) is 126 cm³/mol. The highest BCUT2D eigenvalue weighted by molar-refractivity contribution is 5.93. The molecule has 8 nitrogen and oxygen atoms in total. The second kappa shape index (κ2) is 8.01. The molecule has 5 N–H and O–H groups in total. The molecule has 0 aliphatic heterocycles. The number of H-pyrrole nitrogens is 2. The molecule has 1 aromatic carbocycles. The Morgan fingerprint density at radius 3 is 2.58 bits per heavy atom. The van der Waals surface area contributed by atoms with Crippen LogP contribution in [0.4, 0.5) is 5.95 Å². The van der Waals surface area contributed by atoms with Gasteiger partial charge in [-0.05, 0) is 85.0 Å². The van der Waals surface area contributed by atoms with Crippen LogP contribution >= 0.6 is 0 Å². The van der Waals surface area contributed by atoms with E-state index in [2.05, 4.69) is 55.3 Å². The molecule has 172 valence electrons. The summed E-state index contributed by atoms with van der Waals surface area (Å²) in [6.07, 6.45) is 12.8. The third kappa shape index (κ3) is 3.92. The van der Waals surface area contributed by atoms with Gasteiger partial charge >= 0.3 is 0 Å². The molecule has 4 aliphatic carbocycles. The summed E-state index contributed by atoms with van der Waals surface area (Å²) >= 11 is 0. The Kier molecular flexibility index (Phi) is 4.96. The fourth-order valence-corrected chi connectivity index (χ4v) is 7.38. The number of nitrogens with one attached hydrogen (secondary N) is 3. The lowest BCUT2D eigenvalue weighted by molar-refractivity contribution is -0.115. The molecule has 4 bridgehead atoms. The van der Waals surface area contributed by atoms with Gasteiger partial charge in [0.2, 0.25) is 5.91 Å². The van der Waals surface area contributed by atoms with Crippen molar-refractivity contribution in [3.8, 4) is 0 Å². The first-order valence-electron chi connectivity index (χ1n) is 12.1. The van der Waals surface area contributed by atoms with E-state index in [0.717, 1.165) is 28.8 Å². The number of hydrogen-bond acceptors (Lipinski definition) is 5. The van der Waals surface area contributed by atoms with Gasteiger partial charge in [0.05, 0.1) is 0 Å². The fraction of sp³-hybridized carbons (Fsp3) is 0.520. The lowest BCUT2D eigenvalue weighted by atomic mass is 9.49. The summed E-state index contributed by atoms with van der Waals surface area (Å²) in [5, 5.41) is 18.6. The Balaban J connectivity index is 1.34. The first-order chi connectivity index (χ1) is 16.1. The molecule has 4 aliphatic rings. The highest BCUT2D eigenvalue weighted by Gasteiger charge is 2.50. The van der Waals surface area contributed by atoms with E-state index in [1.165, 1.54) is 49.5 Å². The Labute approximate surface area is 192 Å². The van der Waals surface area contributed by atoms with Crippen molar-refractivity contribution in [2.45, 2.75) is 44.9 Å². The van der Waals surface area contributed by atoms with Gasteiger partial charge in [-0.2, -0.15) is 5.21 Å². The molecule has 7 rings (SSSR count). The van der Waals surface area contributed by atoms with E-state index in [1.807, 2.05) is 12.1 Å². The Morgan fingerprint density at radius 2 is 1.91 bits per heavy atom. The van der Waals surface area contributed by atoms with E-state index in [0.29, 0.717) is 18.9 Å². The van der Waals surface area contributed by atoms with E-state index in [-0.39, 0.29) is 17.2 Å². The minimum atomic E-state index is -0.314.